The van der Waals surface area contributed by atoms with Crippen LogP contribution in [0.1, 0.15) is 34.5 Å². The second kappa shape index (κ2) is 14.3. The smallest absolute Gasteiger partial charge is 0.262 e. The van der Waals surface area contributed by atoms with Crippen LogP contribution in [0.5, 0.6) is 5.75 Å². The predicted molar refractivity (Wildman–Crippen MR) is 203 cm³/mol. The van der Waals surface area contributed by atoms with Gasteiger partial charge in [0.2, 0.25) is 5.36 Å². The summed E-state index contributed by atoms with van der Waals surface area (Å²) in [5.74, 6) is 0.950. The first-order chi connectivity index (χ1) is 24.7. The molecule has 2 heterocycles. The Morgan fingerprint density at radius 2 is 1.76 bits per heavy atom. The van der Waals surface area contributed by atoms with Crippen LogP contribution in [0.4, 0.5) is 5.69 Å². The van der Waals surface area contributed by atoms with Gasteiger partial charge in [-0.25, -0.2) is 9.56 Å². The van der Waals surface area contributed by atoms with Gasteiger partial charge in [-0.05, 0) is 79.8 Å². The van der Waals surface area contributed by atoms with E-state index in [0.29, 0.717) is 46.2 Å². The monoisotopic (exact) mass is 699 g/mol. The van der Waals surface area contributed by atoms with Crippen LogP contribution in [-0.4, -0.2) is 55.7 Å². The van der Waals surface area contributed by atoms with Gasteiger partial charge in [0, 0.05) is 69.8 Å². The number of unbranched alkanes of at least 4 members (excludes halogenated alkanes) is 1. The molecule has 0 unspecified atom stereocenters. The Kier molecular flexibility index (Phi) is 9.47. The van der Waals surface area contributed by atoms with Crippen LogP contribution in [0, 0.1) is 6.92 Å². The van der Waals surface area contributed by atoms with E-state index in [2.05, 4.69) is 22.4 Å². The molecule has 0 fully saturated rings. The number of ether oxygens (including phenoxy) is 1. The number of hydrogen-bond donors (Lipinski definition) is 1. The van der Waals surface area contributed by atoms with E-state index in [-0.39, 0.29) is 18.2 Å². The van der Waals surface area contributed by atoms with E-state index in [1.54, 1.807) is 35.9 Å². The molecule has 4 aromatic carbocycles. The van der Waals surface area contributed by atoms with Gasteiger partial charge in [-0.15, -0.1) is 0 Å². The van der Waals surface area contributed by atoms with Crippen LogP contribution in [0.25, 0.3) is 44.2 Å². The molecule has 2 aliphatic rings. The fourth-order valence-electron chi connectivity index (χ4n) is 6.53. The number of nitrogens with one attached hydrogen (secondary N) is 1. The minimum absolute atomic E-state index is 0.0833. The van der Waals surface area contributed by atoms with Crippen LogP contribution < -0.4 is 25.1 Å². The molecule has 258 valence electrons. The van der Waals surface area contributed by atoms with E-state index in [9.17, 15) is 9.90 Å². The number of methoxy groups -OCH3 is 1. The van der Waals surface area contributed by atoms with Gasteiger partial charge in [-0.1, -0.05) is 35.9 Å². The van der Waals surface area contributed by atoms with Crippen LogP contribution in [0.3, 0.4) is 0 Å². The van der Waals surface area contributed by atoms with E-state index in [0.717, 1.165) is 62.6 Å². The fraction of sp³-hybridized carbons (Fsp3) is 0.220. The maximum absolute atomic E-state index is 13.6. The van der Waals surface area contributed by atoms with E-state index in [1.807, 2.05) is 80.2 Å². The second-order valence-corrected chi connectivity index (χ2v) is 13.2. The number of anilines is 1. The molecule has 10 heteroatoms. The van der Waals surface area contributed by atoms with Crippen molar-refractivity contribution in [2.45, 2.75) is 26.2 Å². The lowest BCUT2D eigenvalue weighted by Gasteiger charge is -2.14. The largest absolute Gasteiger partial charge is 0.862 e. The average Bonchev–Trinajstić information content (AvgIpc) is 3.41. The van der Waals surface area contributed by atoms with Crippen LogP contribution >= 0.6 is 11.6 Å². The molecule has 0 amide bonds. The zero-order chi connectivity index (χ0) is 35.6. The summed E-state index contributed by atoms with van der Waals surface area (Å²) in [5.41, 5.74) is 5.98. The third kappa shape index (κ3) is 6.77. The van der Waals surface area contributed by atoms with Gasteiger partial charge >= 0.3 is 0 Å². The molecular weight excluding hydrogens is 662 g/mol. The van der Waals surface area contributed by atoms with Gasteiger partial charge in [-0.2, -0.15) is 0 Å². The maximum atomic E-state index is 13.6. The van der Waals surface area contributed by atoms with E-state index >= 15 is 0 Å². The average molecular weight is 700 g/mol. The van der Waals surface area contributed by atoms with Crippen molar-refractivity contribution in [3.05, 3.63) is 118 Å². The number of carbonyl (C=O) groups excluding carboxylic acids is 1. The van der Waals surface area contributed by atoms with Crippen LogP contribution in [0.15, 0.2) is 100 Å². The molecule has 9 nitrogen and oxygen atoms in total. The Morgan fingerprint density at radius 3 is 2.53 bits per heavy atom. The van der Waals surface area contributed by atoms with Gasteiger partial charge in [0.05, 0.1) is 18.7 Å². The summed E-state index contributed by atoms with van der Waals surface area (Å²) in [6, 6.07) is 28.6. The van der Waals surface area contributed by atoms with E-state index in [4.69, 9.17) is 25.7 Å². The minimum atomic E-state index is -0.230. The van der Waals surface area contributed by atoms with Crippen molar-refractivity contribution in [3.8, 4) is 17.2 Å². The predicted octanol–water partition coefficient (Wildman–Crippen LogP) is 6.92. The minimum Gasteiger partial charge on any atom is -0.862 e. The summed E-state index contributed by atoms with van der Waals surface area (Å²) in [4.78, 5) is 22.9. The molecular formula is C41H38ClN5O4. The molecule has 1 N–H and O–H groups in total. The number of benzene rings is 5. The molecule has 0 radical (unpaired) electrons. The number of carbonyl (C=O) groups is 1. The zero-order valence-electron chi connectivity index (χ0n) is 29.0. The van der Waals surface area contributed by atoms with Gasteiger partial charge < -0.3 is 24.6 Å². The fourth-order valence-corrected chi connectivity index (χ4v) is 6.66. The molecule has 0 saturated carbocycles. The van der Waals surface area contributed by atoms with Crippen molar-refractivity contribution in [2.75, 3.05) is 39.6 Å². The van der Waals surface area contributed by atoms with Crippen molar-refractivity contribution in [1.82, 2.24) is 14.1 Å². The highest BCUT2D eigenvalue weighted by Crippen LogP contribution is 2.34. The standard InChI is InChI=1S/C41H38ClN5O4/c1-25-32(33-22-29(50-4)16-18-36(33)47(25)41(49)26-11-13-27(42)14-12-26)23-39(48)44-20-8-7-19-43-35-24-38-40(31-10-6-5-9-30(31)35)45-34-17-15-28(46(2)3)21-37(34)51-38/h5-6,9-18,21-22,24H,7-8,19-20,23H2,1-4H3,(H,44,48). The summed E-state index contributed by atoms with van der Waals surface area (Å²) in [7, 11) is 5.59. The molecule has 0 atom stereocenters. The summed E-state index contributed by atoms with van der Waals surface area (Å²) < 4.78 is 15.5. The van der Waals surface area contributed by atoms with Gasteiger partial charge in [0.25, 0.3) is 5.91 Å². The van der Waals surface area contributed by atoms with E-state index in [1.165, 1.54) is 0 Å². The van der Waals surface area contributed by atoms with Crippen molar-refractivity contribution in [2.24, 2.45) is 4.99 Å². The molecule has 0 spiro atoms. The topological polar surface area (TPSA) is 108 Å². The summed E-state index contributed by atoms with van der Waals surface area (Å²) in [6.07, 6.45) is 1.63. The normalized spacial score (nSPS) is 11.9. The lowest BCUT2D eigenvalue weighted by Crippen LogP contribution is -2.21. The number of aromatic nitrogens is 2. The first kappa shape index (κ1) is 33.8. The quantitative estimate of drug-likeness (QED) is 0.0415. The highest BCUT2D eigenvalue weighted by atomic mass is 35.5. The molecule has 0 saturated heterocycles. The van der Waals surface area contributed by atoms with Gasteiger partial charge in [-0.3, -0.25) is 9.36 Å². The highest BCUT2D eigenvalue weighted by Gasteiger charge is 2.21. The Hall–Kier alpha value is -5.67. The number of rotatable bonds is 10. The molecule has 1 aliphatic carbocycles. The lowest BCUT2D eigenvalue weighted by molar-refractivity contribution is -0.218. The Balaban J connectivity index is 1.05. The SMILES string of the molecule is COc1ccc2c(c1)c(CC([O-])=NCCCCNc1cc3oc4cc(=[N+](C)C)ccc-4nc3c3ccccc13)c(C)n2C(=O)c1ccc(Cl)cc1. The maximum Gasteiger partial charge on any atom is 0.262 e. The molecule has 0 bridgehead atoms. The van der Waals surface area contributed by atoms with Crippen molar-refractivity contribution >= 4 is 61.9 Å². The second-order valence-electron chi connectivity index (χ2n) is 12.8. The van der Waals surface area contributed by atoms with Gasteiger partial charge in [0.1, 0.15) is 31.1 Å². The molecule has 5 aromatic rings. The van der Waals surface area contributed by atoms with E-state index < -0.39 is 0 Å². The number of aliphatic imine (C=N–C) groups is 1. The number of halogens is 1. The van der Waals surface area contributed by atoms with Crippen molar-refractivity contribution < 1.29 is 19.1 Å². The Bertz CT molecular complexity index is 2490. The van der Waals surface area contributed by atoms with Crippen LogP contribution in [-0.2, 0) is 6.42 Å². The number of nitrogens with zero attached hydrogens (tertiary/aromatic N) is 4. The summed E-state index contributed by atoms with van der Waals surface area (Å²) >= 11 is 6.06. The summed E-state index contributed by atoms with van der Waals surface area (Å²) in [6.45, 7) is 2.96. The third-order valence-electron chi connectivity index (χ3n) is 9.25. The number of fused-ring (bicyclic) bond motifs is 5. The van der Waals surface area contributed by atoms with Crippen LogP contribution in [0.2, 0.25) is 5.02 Å². The highest BCUT2D eigenvalue weighted by molar-refractivity contribution is 6.30. The molecule has 7 rings (SSSR count). The first-order valence-electron chi connectivity index (χ1n) is 16.9. The third-order valence-corrected chi connectivity index (χ3v) is 9.50. The van der Waals surface area contributed by atoms with Gasteiger partial charge in [0.15, 0.2) is 11.3 Å². The zero-order valence-corrected chi connectivity index (χ0v) is 29.8. The van der Waals surface area contributed by atoms with Crippen molar-refractivity contribution in [3.63, 3.8) is 0 Å². The first-order valence-corrected chi connectivity index (χ1v) is 17.3. The molecule has 1 aromatic heterocycles. The summed E-state index contributed by atoms with van der Waals surface area (Å²) in [5, 5.41) is 21.2. The Labute approximate surface area is 300 Å². The number of hydrogen-bond acceptors (Lipinski definition) is 7. The lowest BCUT2D eigenvalue weighted by atomic mass is 10.1. The molecule has 1 aliphatic heterocycles. The molecule has 51 heavy (non-hydrogen) atoms. The van der Waals surface area contributed by atoms with Crippen molar-refractivity contribution in [1.29, 1.82) is 0 Å². The Morgan fingerprint density at radius 1 is 0.980 bits per heavy atom.